The van der Waals surface area contributed by atoms with Gasteiger partial charge in [-0.2, -0.15) is 0 Å². The molecule has 5 rings (SSSR count). The first-order chi connectivity index (χ1) is 18.6. The Hall–Kier alpha value is -4.10. The number of hydrogen-bond acceptors (Lipinski definition) is 5. The van der Waals surface area contributed by atoms with E-state index >= 15 is 0 Å². The number of carbonyl (C=O) groups excluding carboxylic acids is 1. The van der Waals surface area contributed by atoms with E-state index in [0.717, 1.165) is 22.6 Å². The highest BCUT2D eigenvalue weighted by Crippen LogP contribution is 2.28. The van der Waals surface area contributed by atoms with Crippen LogP contribution in [-0.2, 0) is 22.6 Å². The summed E-state index contributed by atoms with van der Waals surface area (Å²) < 4.78 is 19.6. The third-order valence-electron chi connectivity index (χ3n) is 6.77. The van der Waals surface area contributed by atoms with Crippen LogP contribution in [0.5, 0.6) is 0 Å². The number of aryl methyl sites for hydroxylation is 1. The van der Waals surface area contributed by atoms with Crippen molar-refractivity contribution < 1.29 is 13.9 Å². The second-order valence-corrected chi connectivity index (χ2v) is 9.45. The molecular formula is C31H31FN4O2. The number of benzene rings is 3. The molecule has 1 fully saturated rings. The lowest BCUT2D eigenvalue weighted by atomic mass is 10.0. The van der Waals surface area contributed by atoms with Crippen molar-refractivity contribution in [1.29, 1.82) is 0 Å². The molecule has 0 saturated carbocycles. The topological polar surface area (TPSA) is 58.6 Å². The Morgan fingerprint density at radius 1 is 0.868 bits per heavy atom. The van der Waals surface area contributed by atoms with E-state index in [4.69, 9.17) is 14.7 Å². The summed E-state index contributed by atoms with van der Waals surface area (Å²) in [5.41, 5.74) is 4.77. The molecule has 1 aromatic heterocycles. The Morgan fingerprint density at radius 2 is 1.55 bits per heavy atom. The minimum atomic E-state index is -0.319. The number of piperazine rings is 1. The summed E-state index contributed by atoms with van der Waals surface area (Å²) in [6, 6.07) is 26.5. The van der Waals surface area contributed by atoms with Crippen molar-refractivity contribution >= 4 is 11.7 Å². The van der Waals surface area contributed by atoms with Crippen LogP contribution in [-0.4, -0.2) is 53.6 Å². The lowest BCUT2D eigenvalue weighted by Gasteiger charge is -2.36. The van der Waals surface area contributed by atoms with Gasteiger partial charge < -0.3 is 14.5 Å². The van der Waals surface area contributed by atoms with Gasteiger partial charge in [-0.15, -0.1) is 0 Å². The van der Waals surface area contributed by atoms with Gasteiger partial charge in [-0.25, -0.2) is 14.4 Å². The molecule has 0 atom stereocenters. The van der Waals surface area contributed by atoms with Crippen molar-refractivity contribution in [3.63, 3.8) is 0 Å². The van der Waals surface area contributed by atoms with Crippen molar-refractivity contribution in [3.8, 4) is 11.4 Å². The Bertz CT molecular complexity index is 1370. The Labute approximate surface area is 222 Å². The molecule has 1 aliphatic heterocycles. The van der Waals surface area contributed by atoms with E-state index in [1.54, 1.807) is 6.07 Å². The smallest absolute Gasteiger partial charge is 0.248 e. The van der Waals surface area contributed by atoms with E-state index in [9.17, 15) is 9.18 Å². The zero-order chi connectivity index (χ0) is 26.3. The molecule has 4 aromatic rings. The number of carbonyl (C=O) groups is 1. The maximum atomic E-state index is 14.0. The fourth-order valence-corrected chi connectivity index (χ4v) is 4.70. The highest BCUT2D eigenvalue weighted by atomic mass is 19.1. The van der Waals surface area contributed by atoms with Crippen LogP contribution in [0.15, 0.2) is 84.9 Å². The predicted molar refractivity (Wildman–Crippen MR) is 146 cm³/mol. The molecule has 2 heterocycles. The third kappa shape index (κ3) is 6.23. The van der Waals surface area contributed by atoms with Crippen LogP contribution >= 0.6 is 0 Å². The normalized spacial score (nSPS) is 13.5. The first-order valence-electron chi connectivity index (χ1n) is 12.9. The van der Waals surface area contributed by atoms with E-state index in [0.29, 0.717) is 50.6 Å². The lowest BCUT2D eigenvalue weighted by Crippen LogP contribution is -2.50. The Morgan fingerprint density at radius 3 is 2.24 bits per heavy atom. The van der Waals surface area contributed by atoms with Crippen LogP contribution in [0.25, 0.3) is 11.4 Å². The van der Waals surface area contributed by atoms with Crippen LogP contribution in [0.4, 0.5) is 10.2 Å². The van der Waals surface area contributed by atoms with E-state index < -0.39 is 0 Å². The van der Waals surface area contributed by atoms with Gasteiger partial charge in [0.2, 0.25) is 5.91 Å². The zero-order valence-corrected chi connectivity index (χ0v) is 21.5. The molecule has 0 unspecified atom stereocenters. The maximum Gasteiger partial charge on any atom is 0.248 e. The summed E-state index contributed by atoms with van der Waals surface area (Å²) in [6.45, 7) is 4.91. The minimum absolute atomic E-state index is 0.00981. The monoisotopic (exact) mass is 510 g/mol. The minimum Gasteiger partial charge on any atom is -0.367 e. The van der Waals surface area contributed by atoms with Gasteiger partial charge >= 0.3 is 0 Å². The van der Waals surface area contributed by atoms with Crippen molar-refractivity contribution in [2.24, 2.45) is 0 Å². The number of halogens is 1. The van der Waals surface area contributed by atoms with Gasteiger partial charge in [0.15, 0.2) is 5.82 Å². The molecule has 194 valence electrons. The molecule has 0 radical (unpaired) electrons. The van der Waals surface area contributed by atoms with Crippen LogP contribution in [0.1, 0.15) is 22.4 Å². The van der Waals surface area contributed by atoms with Crippen LogP contribution in [0.2, 0.25) is 0 Å². The van der Waals surface area contributed by atoms with Gasteiger partial charge in [-0.3, -0.25) is 4.79 Å². The number of hydrogen-bond donors (Lipinski definition) is 0. The van der Waals surface area contributed by atoms with Crippen LogP contribution in [0.3, 0.4) is 0 Å². The largest absolute Gasteiger partial charge is 0.367 e. The average Bonchev–Trinajstić information content (AvgIpc) is 2.95. The molecular weight excluding hydrogens is 479 g/mol. The van der Waals surface area contributed by atoms with Gasteiger partial charge in [0, 0.05) is 49.4 Å². The molecule has 1 saturated heterocycles. The second kappa shape index (κ2) is 12.0. The van der Waals surface area contributed by atoms with Gasteiger partial charge in [0.25, 0.3) is 0 Å². The van der Waals surface area contributed by atoms with E-state index in [1.807, 2.05) is 66.4 Å². The highest BCUT2D eigenvalue weighted by molar-refractivity contribution is 5.77. The van der Waals surface area contributed by atoms with Gasteiger partial charge in [0.1, 0.15) is 18.2 Å². The SMILES string of the molecule is Cc1nc(-c2cccc(F)c2)nc(N2CCN(C(=O)COCc3ccccc3)CC2)c1Cc1ccccc1. The molecule has 1 aliphatic rings. The number of ether oxygens (including phenoxy) is 1. The number of aromatic nitrogens is 2. The van der Waals surface area contributed by atoms with Crippen LogP contribution in [0, 0.1) is 12.7 Å². The molecule has 1 amide bonds. The number of anilines is 1. The third-order valence-corrected chi connectivity index (χ3v) is 6.77. The molecule has 0 aliphatic carbocycles. The number of amides is 1. The number of nitrogens with zero attached hydrogens (tertiary/aromatic N) is 4. The highest BCUT2D eigenvalue weighted by Gasteiger charge is 2.25. The number of rotatable bonds is 8. The molecule has 3 aromatic carbocycles. The van der Waals surface area contributed by atoms with Gasteiger partial charge in [0.05, 0.1) is 6.61 Å². The predicted octanol–water partition coefficient (Wildman–Crippen LogP) is 5.05. The molecule has 0 N–H and O–H groups in total. The maximum absolute atomic E-state index is 14.0. The van der Waals surface area contributed by atoms with E-state index in [-0.39, 0.29) is 18.3 Å². The first kappa shape index (κ1) is 25.5. The van der Waals surface area contributed by atoms with Crippen molar-refractivity contribution in [2.75, 3.05) is 37.7 Å². The van der Waals surface area contributed by atoms with Crippen molar-refractivity contribution in [2.45, 2.75) is 20.0 Å². The molecule has 7 heteroatoms. The molecule has 0 spiro atoms. The van der Waals surface area contributed by atoms with E-state index in [1.165, 1.54) is 17.7 Å². The Kier molecular flexibility index (Phi) is 8.04. The summed E-state index contributed by atoms with van der Waals surface area (Å²) in [7, 11) is 0. The van der Waals surface area contributed by atoms with Crippen molar-refractivity contribution in [3.05, 3.63) is 113 Å². The summed E-state index contributed by atoms with van der Waals surface area (Å²) in [6.07, 6.45) is 0.692. The lowest BCUT2D eigenvalue weighted by molar-refractivity contribution is -0.136. The molecule has 0 bridgehead atoms. The van der Waals surface area contributed by atoms with Gasteiger partial charge in [-0.1, -0.05) is 72.8 Å². The van der Waals surface area contributed by atoms with Crippen molar-refractivity contribution in [1.82, 2.24) is 14.9 Å². The van der Waals surface area contributed by atoms with Crippen LogP contribution < -0.4 is 4.90 Å². The quantitative estimate of drug-likeness (QED) is 0.332. The Balaban J connectivity index is 1.32. The summed E-state index contributed by atoms with van der Waals surface area (Å²) in [5, 5.41) is 0. The average molecular weight is 511 g/mol. The first-order valence-corrected chi connectivity index (χ1v) is 12.9. The fourth-order valence-electron chi connectivity index (χ4n) is 4.70. The fraction of sp³-hybridized carbons (Fsp3) is 0.258. The second-order valence-electron chi connectivity index (χ2n) is 9.45. The van der Waals surface area contributed by atoms with Gasteiger partial charge in [-0.05, 0) is 30.2 Å². The summed E-state index contributed by atoms with van der Waals surface area (Å²) >= 11 is 0. The summed E-state index contributed by atoms with van der Waals surface area (Å²) in [5.74, 6) is 1.01. The zero-order valence-electron chi connectivity index (χ0n) is 21.5. The van der Waals surface area contributed by atoms with E-state index in [2.05, 4.69) is 17.0 Å². The molecule has 6 nitrogen and oxygen atoms in total. The molecule has 38 heavy (non-hydrogen) atoms. The summed E-state index contributed by atoms with van der Waals surface area (Å²) in [4.78, 5) is 26.5. The standard InChI is InChI=1S/C31H31FN4O2/c1-23-28(19-24-9-4-2-5-10-24)31(34-30(33-23)26-13-8-14-27(32)20-26)36-17-15-35(16-18-36)29(37)22-38-21-25-11-6-3-7-12-25/h2-14,20H,15-19,21-22H2,1H3.